The normalized spacial score (nSPS) is 21.0. The minimum Gasteiger partial charge on any atom is -0.348 e. The summed E-state index contributed by atoms with van der Waals surface area (Å²) in [6.07, 6.45) is 8.02. The van der Waals surface area contributed by atoms with Gasteiger partial charge in [0, 0.05) is 30.0 Å². The molecule has 3 aliphatic rings. The number of rotatable bonds is 3. The van der Waals surface area contributed by atoms with Crippen molar-refractivity contribution >= 4 is 17.4 Å². The van der Waals surface area contributed by atoms with Crippen molar-refractivity contribution in [2.24, 2.45) is 0 Å². The third-order valence-electron chi connectivity index (χ3n) is 4.76. The van der Waals surface area contributed by atoms with E-state index in [0.29, 0.717) is 16.6 Å². The van der Waals surface area contributed by atoms with E-state index in [1.54, 1.807) is 0 Å². The number of nitrogens with zero attached hydrogens (tertiary/aromatic N) is 4. The molecule has 0 unspecified atom stereocenters. The molecule has 6 nitrogen and oxygen atoms in total. The smallest absolute Gasteiger partial charge is 0.265 e. The van der Waals surface area contributed by atoms with Crippen molar-refractivity contribution in [2.45, 2.75) is 44.7 Å². The predicted octanol–water partition coefficient (Wildman–Crippen LogP) is 3.06. The summed E-state index contributed by atoms with van der Waals surface area (Å²) in [5.41, 5.74) is 1.89. The molecule has 1 amide bonds. The number of carbonyl (C=O) groups is 1. The molecule has 2 aliphatic heterocycles. The molecule has 1 aromatic rings. The summed E-state index contributed by atoms with van der Waals surface area (Å²) in [5.74, 6) is 1.01. The van der Waals surface area contributed by atoms with Gasteiger partial charge in [-0.1, -0.05) is 4.49 Å². The zero-order valence-electron chi connectivity index (χ0n) is 13.5. The van der Waals surface area contributed by atoms with E-state index in [9.17, 15) is 4.79 Å². The molecule has 1 saturated carbocycles. The third-order valence-corrected chi connectivity index (χ3v) is 5.59. The van der Waals surface area contributed by atoms with E-state index >= 15 is 0 Å². The van der Waals surface area contributed by atoms with E-state index in [1.807, 2.05) is 19.2 Å². The second kappa shape index (κ2) is 6.32. The molecule has 1 N–H and O–H groups in total. The van der Waals surface area contributed by atoms with Crippen molar-refractivity contribution < 1.29 is 4.79 Å². The fourth-order valence-corrected chi connectivity index (χ4v) is 4.04. The Kier molecular flexibility index (Phi) is 4.02. The SMILES string of the molecule is Cc1nnsc1C(=O)NC1CCC(n2cccc3ccnc2-3)CC1. The first-order chi connectivity index (χ1) is 11.7. The maximum Gasteiger partial charge on any atom is 0.265 e. The molecule has 0 atom stereocenters. The highest BCUT2D eigenvalue weighted by Crippen LogP contribution is 2.32. The summed E-state index contributed by atoms with van der Waals surface area (Å²) in [5, 5.41) is 7.04. The van der Waals surface area contributed by atoms with Crippen LogP contribution >= 0.6 is 11.5 Å². The first-order valence-corrected chi connectivity index (χ1v) is 9.01. The fraction of sp³-hybridized carbons (Fsp3) is 0.412. The van der Waals surface area contributed by atoms with Gasteiger partial charge in [-0.05, 0) is 62.3 Å². The molecule has 0 radical (unpaired) electrons. The Morgan fingerprint density at radius 3 is 2.88 bits per heavy atom. The summed E-state index contributed by atoms with van der Waals surface area (Å²) in [6.45, 7) is 1.82. The Hall–Kier alpha value is -2.28. The second-order valence-corrected chi connectivity index (χ2v) is 7.06. The van der Waals surface area contributed by atoms with Crippen molar-refractivity contribution in [3.63, 3.8) is 0 Å². The Morgan fingerprint density at radius 1 is 1.29 bits per heavy atom. The van der Waals surface area contributed by atoms with Crippen LogP contribution < -0.4 is 5.32 Å². The van der Waals surface area contributed by atoms with E-state index < -0.39 is 0 Å². The molecule has 0 spiro atoms. The molecule has 24 heavy (non-hydrogen) atoms. The summed E-state index contributed by atoms with van der Waals surface area (Å²) in [6, 6.07) is 6.89. The first-order valence-electron chi connectivity index (χ1n) is 8.24. The van der Waals surface area contributed by atoms with Gasteiger partial charge in [-0.2, -0.15) is 0 Å². The van der Waals surface area contributed by atoms with Crippen LogP contribution in [0.4, 0.5) is 0 Å². The summed E-state index contributed by atoms with van der Waals surface area (Å²) in [4.78, 5) is 17.4. The van der Waals surface area contributed by atoms with Crippen molar-refractivity contribution in [1.82, 2.24) is 24.5 Å². The Morgan fingerprint density at radius 2 is 2.12 bits per heavy atom. The second-order valence-electron chi connectivity index (χ2n) is 6.31. The molecule has 1 aliphatic carbocycles. The molecular weight excluding hydrogens is 322 g/mol. The van der Waals surface area contributed by atoms with Crippen LogP contribution in [0.3, 0.4) is 0 Å². The van der Waals surface area contributed by atoms with Crippen molar-refractivity contribution in [2.75, 3.05) is 0 Å². The van der Waals surface area contributed by atoms with Crippen LogP contribution in [0.25, 0.3) is 11.4 Å². The van der Waals surface area contributed by atoms with Gasteiger partial charge >= 0.3 is 0 Å². The number of aromatic nitrogens is 4. The molecule has 0 aromatic carbocycles. The van der Waals surface area contributed by atoms with E-state index in [0.717, 1.165) is 43.0 Å². The first kappa shape index (κ1) is 15.3. The van der Waals surface area contributed by atoms with Crippen molar-refractivity contribution in [3.05, 3.63) is 41.2 Å². The maximum absolute atomic E-state index is 12.3. The third kappa shape index (κ3) is 2.80. The van der Waals surface area contributed by atoms with Gasteiger partial charge < -0.3 is 9.88 Å². The number of fused-ring (bicyclic) bond motifs is 1. The summed E-state index contributed by atoms with van der Waals surface area (Å²) >= 11 is 1.16. The molecule has 3 heterocycles. The molecule has 1 fully saturated rings. The van der Waals surface area contributed by atoms with Gasteiger partial charge in [0.05, 0.1) is 5.69 Å². The van der Waals surface area contributed by atoms with Crippen LogP contribution in [-0.4, -0.2) is 31.1 Å². The minimum absolute atomic E-state index is 0.0431. The highest BCUT2D eigenvalue weighted by Gasteiger charge is 2.26. The molecular formula is C17H19N5OS. The number of hydrogen-bond donors (Lipinski definition) is 1. The number of pyridine rings is 1. The lowest BCUT2D eigenvalue weighted by Crippen LogP contribution is -2.38. The quantitative estimate of drug-likeness (QED) is 0.795. The predicted molar refractivity (Wildman–Crippen MR) is 92.3 cm³/mol. The molecule has 124 valence electrons. The lowest BCUT2D eigenvalue weighted by molar-refractivity contribution is 0.0926. The van der Waals surface area contributed by atoms with Gasteiger partial charge in [-0.3, -0.25) is 4.79 Å². The zero-order chi connectivity index (χ0) is 16.5. The molecule has 0 saturated heterocycles. The van der Waals surface area contributed by atoms with Gasteiger partial charge in [0.15, 0.2) is 0 Å². The molecule has 0 bridgehead atoms. The van der Waals surface area contributed by atoms with E-state index in [4.69, 9.17) is 0 Å². The van der Waals surface area contributed by atoms with Gasteiger partial charge in [0.1, 0.15) is 10.7 Å². The van der Waals surface area contributed by atoms with Crippen LogP contribution in [0.2, 0.25) is 0 Å². The number of nitrogens with one attached hydrogen (secondary N) is 1. The van der Waals surface area contributed by atoms with Crippen LogP contribution in [0, 0.1) is 6.92 Å². The molecule has 1 aromatic heterocycles. The highest BCUT2D eigenvalue weighted by atomic mass is 32.1. The lowest BCUT2D eigenvalue weighted by atomic mass is 9.90. The Labute approximate surface area is 144 Å². The lowest BCUT2D eigenvalue weighted by Gasteiger charge is -2.31. The van der Waals surface area contributed by atoms with Crippen molar-refractivity contribution in [3.8, 4) is 11.4 Å². The van der Waals surface area contributed by atoms with E-state index in [1.165, 1.54) is 5.56 Å². The van der Waals surface area contributed by atoms with Crippen LogP contribution in [0.15, 0.2) is 30.6 Å². The van der Waals surface area contributed by atoms with Crippen LogP contribution in [0.5, 0.6) is 0 Å². The number of amides is 1. The Balaban J connectivity index is 1.40. The van der Waals surface area contributed by atoms with E-state index in [2.05, 4.69) is 42.8 Å². The average molecular weight is 341 g/mol. The number of carbonyl (C=O) groups excluding carboxylic acids is 1. The van der Waals surface area contributed by atoms with Crippen LogP contribution in [0.1, 0.15) is 47.1 Å². The Bertz CT molecular complexity index is 818. The van der Waals surface area contributed by atoms with E-state index in [-0.39, 0.29) is 11.9 Å². The number of aryl methyl sites for hydroxylation is 1. The monoisotopic (exact) mass is 341 g/mol. The summed E-state index contributed by atoms with van der Waals surface area (Å²) < 4.78 is 6.11. The van der Waals surface area contributed by atoms with Crippen molar-refractivity contribution in [1.29, 1.82) is 0 Å². The molecule has 7 heteroatoms. The topological polar surface area (TPSA) is 72.7 Å². The number of hydrogen-bond acceptors (Lipinski definition) is 5. The van der Waals surface area contributed by atoms with Crippen LogP contribution in [-0.2, 0) is 0 Å². The van der Waals surface area contributed by atoms with Gasteiger partial charge in [-0.25, -0.2) is 4.98 Å². The minimum atomic E-state index is -0.0431. The largest absolute Gasteiger partial charge is 0.348 e. The summed E-state index contributed by atoms with van der Waals surface area (Å²) in [7, 11) is 0. The zero-order valence-corrected chi connectivity index (χ0v) is 14.3. The standard InChI is InChI=1S/C17H19N5OS/c1-11-15(24-21-20-11)17(23)19-13-4-6-14(7-5-13)22-10-2-3-12-8-9-18-16(12)22/h2-3,8-10,13-14H,4-7H2,1H3,(H,19,23). The highest BCUT2D eigenvalue weighted by molar-refractivity contribution is 7.08. The van der Waals surface area contributed by atoms with Gasteiger partial charge in [-0.15, -0.1) is 5.10 Å². The van der Waals surface area contributed by atoms with Gasteiger partial charge in [0.25, 0.3) is 5.91 Å². The average Bonchev–Trinajstić information content (AvgIpc) is 3.23. The molecule has 4 rings (SSSR count). The maximum atomic E-state index is 12.3. The fourth-order valence-electron chi connectivity index (χ4n) is 3.48. The van der Waals surface area contributed by atoms with Gasteiger partial charge in [0.2, 0.25) is 0 Å².